The van der Waals surface area contributed by atoms with Crippen molar-refractivity contribution in [3.63, 3.8) is 0 Å². The number of benzene rings is 2. The van der Waals surface area contributed by atoms with Gasteiger partial charge in [-0.25, -0.2) is 17.2 Å². The van der Waals surface area contributed by atoms with E-state index in [-0.39, 0.29) is 4.90 Å². The van der Waals surface area contributed by atoms with Gasteiger partial charge in [0.2, 0.25) is 0 Å². The highest BCUT2D eigenvalue weighted by Gasteiger charge is 2.33. The Morgan fingerprint density at radius 1 is 1.10 bits per heavy atom. The number of rotatable bonds is 2. The summed E-state index contributed by atoms with van der Waals surface area (Å²) < 4.78 is 35.1. The molecule has 3 aromatic rings. The summed E-state index contributed by atoms with van der Waals surface area (Å²) in [5, 5.41) is 0.821. The highest BCUT2D eigenvalue weighted by molar-refractivity contribution is 9.10. The number of carbonyl (C=O) groups is 1. The zero-order chi connectivity index (χ0) is 22.6. The van der Waals surface area contributed by atoms with Gasteiger partial charge in [0.15, 0.2) is 0 Å². The summed E-state index contributed by atoms with van der Waals surface area (Å²) in [6.45, 7) is 8.11. The maximum Gasteiger partial charge on any atom is 0.410 e. The summed E-state index contributed by atoms with van der Waals surface area (Å²) in [7, 11) is -3.80. The number of aryl methyl sites for hydroxylation is 1. The zero-order valence-electron chi connectivity index (χ0n) is 18.0. The fourth-order valence-corrected chi connectivity index (χ4v) is 5.81. The van der Waals surface area contributed by atoms with Crippen molar-refractivity contribution in [1.82, 2.24) is 8.87 Å². The fraction of sp³-hybridized carbons (Fsp3) is 0.348. The highest BCUT2D eigenvalue weighted by atomic mass is 79.9. The number of carbonyl (C=O) groups excluding carboxylic acids is 1. The van der Waals surface area contributed by atoms with Crippen LogP contribution in [0.3, 0.4) is 0 Å². The molecule has 0 atom stereocenters. The second-order valence-corrected chi connectivity index (χ2v) is 11.5. The van der Waals surface area contributed by atoms with Crippen molar-refractivity contribution in [2.45, 2.75) is 51.2 Å². The van der Waals surface area contributed by atoms with Crippen molar-refractivity contribution in [3.8, 4) is 0 Å². The number of fused-ring (bicyclic) bond motifs is 3. The van der Waals surface area contributed by atoms with Crippen molar-refractivity contribution >= 4 is 42.9 Å². The minimum atomic E-state index is -3.80. The third-order valence-electron chi connectivity index (χ3n) is 5.28. The van der Waals surface area contributed by atoms with E-state index in [1.165, 1.54) is 3.97 Å². The van der Waals surface area contributed by atoms with E-state index < -0.39 is 21.7 Å². The topological polar surface area (TPSA) is 68.6 Å². The van der Waals surface area contributed by atoms with Crippen LogP contribution in [-0.4, -0.2) is 35.5 Å². The van der Waals surface area contributed by atoms with Crippen molar-refractivity contribution in [2.24, 2.45) is 0 Å². The van der Waals surface area contributed by atoms with E-state index in [0.29, 0.717) is 30.7 Å². The zero-order valence-corrected chi connectivity index (χ0v) is 20.4. The standard InChI is InChI=1S/C23H25BrN2O4S/c1-15-5-8-17(9-6-15)31(28,29)26-20-11-12-25(22(27)30-23(2,3)4)14-19(20)18-10-7-16(24)13-21(18)26/h5-10,13H,11-12,14H2,1-4H3. The number of amides is 1. The Morgan fingerprint density at radius 2 is 1.77 bits per heavy atom. The molecule has 0 spiro atoms. The van der Waals surface area contributed by atoms with Crippen molar-refractivity contribution < 1.29 is 17.9 Å². The predicted molar refractivity (Wildman–Crippen MR) is 124 cm³/mol. The number of hydrogen-bond acceptors (Lipinski definition) is 4. The fourth-order valence-electron chi connectivity index (χ4n) is 3.86. The van der Waals surface area contributed by atoms with E-state index in [0.717, 1.165) is 21.0 Å². The second-order valence-electron chi connectivity index (χ2n) is 8.82. The molecule has 8 heteroatoms. The Balaban J connectivity index is 1.85. The number of nitrogens with zero attached hydrogens (tertiary/aromatic N) is 2. The van der Waals surface area contributed by atoms with Gasteiger partial charge in [0.25, 0.3) is 10.0 Å². The Kier molecular flexibility index (Phi) is 5.42. The van der Waals surface area contributed by atoms with E-state index >= 15 is 0 Å². The van der Waals surface area contributed by atoms with Gasteiger partial charge in [-0.1, -0.05) is 39.7 Å². The van der Waals surface area contributed by atoms with Gasteiger partial charge in [0.05, 0.1) is 17.0 Å². The van der Waals surface area contributed by atoms with Crippen LogP contribution in [0.25, 0.3) is 10.9 Å². The molecule has 2 aromatic carbocycles. The minimum Gasteiger partial charge on any atom is -0.444 e. The maximum atomic E-state index is 13.6. The first-order valence-electron chi connectivity index (χ1n) is 10.1. The van der Waals surface area contributed by atoms with Crippen LogP contribution in [0.5, 0.6) is 0 Å². The van der Waals surface area contributed by atoms with E-state index in [1.54, 1.807) is 29.2 Å². The summed E-state index contributed by atoms with van der Waals surface area (Å²) in [6.07, 6.45) is 0.0314. The Labute approximate surface area is 191 Å². The summed E-state index contributed by atoms with van der Waals surface area (Å²) in [4.78, 5) is 14.5. The Bertz CT molecular complexity index is 1270. The molecule has 1 amide bonds. The lowest BCUT2D eigenvalue weighted by Gasteiger charge is -2.30. The first kappa shape index (κ1) is 21.9. The molecule has 0 saturated carbocycles. The number of ether oxygens (including phenoxy) is 1. The normalized spacial score (nSPS) is 14.5. The van der Waals surface area contributed by atoms with Gasteiger partial charge in [-0.2, -0.15) is 0 Å². The molecule has 4 rings (SSSR count). The molecule has 6 nitrogen and oxygen atoms in total. The largest absolute Gasteiger partial charge is 0.444 e. The summed E-state index contributed by atoms with van der Waals surface area (Å²) >= 11 is 3.47. The predicted octanol–water partition coefficient (Wildman–Crippen LogP) is 5.24. The van der Waals surface area contributed by atoms with Crippen LogP contribution in [0.1, 0.15) is 37.6 Å². The molecule has 31 heavy (non-hydrogen) atoms. The minimum absolute atomic E-state index is 0.243. The van der Waals surface area contributed by atoms with Gasteiger partial charge in [0, 0.05) is 34.1 Å². The van der Waals surface area contributed by atoms with Gasteiger partial charge >= 0.3 is 6.09 Å². The third-order valence-corrected chi connectivity index (χ3v) is 7.53. The van der Waals surface area contributed by atoms with Crippen LogP contribution in [0.4, 0.5) is 4.79 Å². The lowest BCUT2D eigenvalue weighted by molar-refractivity contribution is 0.0224. The van der Waals surface area contributed by atoms with Crippen LogP contribution in [0.15, 0.2) is 51.8 Å². The molecule has 164 valence electrons. The van der Waals surface area contributed by atoms with Crippen molar-refractivity contribution in [3.05, 3.63) is 63.8 Å². The molecule has 2 heterocycles. The van der Waals surface area contributed by atoms with Crippen LogP contribution in [0, 0.1) is 6.92 Å². The lowest BCUT2D eigenvalue weighted by atomic mass is 10.1. The molecule has 0 saturated heterocycles. The van der Waals surface area contributed by atoms with Crippen molar-refractivity contribution in [1.29, 1.82) is 0 Å². The Morgan fingerprint density at radius 3 is 2.42 bits per heavy atom. The first-order chi connectivity index (χ1) is 14.5. The molecule has 0 aliphatic carbocycles. The molecule has 1 aliphatic heterocycles. The SMILES string of the molecule is Cc1ccc(S(=O)(=O)n2c3c(c4ccc(Br)cc42)CN(C(=O)OC(C)(C)C)CC3)cc1. The van der Waals surface area contributed by atoms with Crippen LogP contribution in [-0.2, 0) is 27.7 Å². The van der Waals surface area contributed by atoms with Gasteiger partial charge in [-0.3, -0.25) is 0 Å². The monoisotopic (exact) mass is 504 g/mol. The van der Waals surface area contributed by atoms with E-state index in [2.05, 4.69) is 15.9 Å². The molecule has 0 radical (unpaired) electrons. The van der Waals surface area contributed by atoms with Crippen LogP contribution in [0.2, 0.25) is 0 Å². The molecule has 0 bridgehead atoms. The quantitative estimate of drug-likeness (QED) is 0.478. The van der Waals surface area contributed by atoms with Gasteiger partial charge in [-0.05, 0) is 52.0 Å². The van der Waals surface area contributed by atoms with Crippen LogP contribution >= 0.6 is 15.9 Å². The molecular formula is C23H25BrN2O4S. The average Bonchev–Trinajstić information content (AvgIpc) is 3.00. The third kappa shape index (κ3) is 4.11. The molecule has 1 aromatic heterocycles. The average molecular weight is 505 g/mol. The highest BCUT2D eigenvalue weighted by Crippen LogP contribution is 2.35. The maximum absolute atomic E-state index is 13.6. The lowest BCUT2D eigenvalue weighted by Crippen LogP contribution is -2.40. The van der Waals surface area contributed by atoms with E-state index in [4.69, 9.17) is 4.74 Å². The molecule has 0 fully saturated rings. The summed E-state index contributed by atoms with van der Waals surface area (Å²) in [6, 6.07) is 12.5. The van der Waals surface area contributed by atoms with Gasteiger partial charge in [-0.15, -0.1) is 0 Å². The van der Waals surface area contributed by atoms with Crippen LogP contribution < -0.4 is 0 Å². The summed E-state index contributed by atoms with van der Waals surface area (Å²) in [5.74, 6) is 0. The molecule has 0 unspecified atom stereocenters. The first-order valence-corrected chi connectivity index (χ1v) is 12.3. The number of halogens is 1. The molecular weight excluding hydrogens is 480 g/mol. The number of hydrogen-bond donors (Lipinski definition) is 0. The second kappa shape index (κ2) is 7.67. The van der Waals surface area contributed by atoms with Gasteiger partial charge < -0.3 is 9.64 Å². The number of aromatic nitrogens is 1. The Hall–Kier alpha value is -2.32. The molecule has 0 N–H and O–H groups in total. The van der Waals surface area contributed by atoms with E-state index in [9.17, 15) is 13.2 Å². The molecule has 1 aliphatic rings. The summed E-state index contributed by atoms with van der Waals surface area (Å²) in [5.41, 5.74) is 2.56. The van der Waals surface area contributed by atoms with E-state index in [1.807, 2.05) is 45.9 Å². The van der Waals surface area contributed by atoms with Gasteiger partial charge in [0.1, 0.15) is 5.60 Å². The smallest absolute Gasteiger partial charge is 0.410 e. The van der Waals surface area contributed by atoms with Crippen molar-refractivity contribution in [2.75, 3.05) is 6.54 Å².